The number of alkyl halides is 3. The van der Waals surface area contributed by atoms with Crippen molar-refractivity contribution < 1.29 is 27.6 Å². The molecule has 3 aromatic rings. The van der Waals surface area contributed by atoms with Gasteiger partial charge in [0.25, 0.3) is 5.91 Å². The molecule has 0 fully saturated rings. The van der Waals surface area contributed by atoms with E-state index in [1.165, 1.54) is 5.56 Å². The standard InChI is InChI=1S/C31H32ClF3IN3O3/c32-26-17-14-23(31(33,34)35)19-25(26)29(41)39-27(30(42)38-20-22-7-2-1-3-8-22)10-4-5-18-37-28(40)11-6-9-21-12-15-24(36)16-13-21/h1-3,7-8,12-17,19,27H,4-6,9-11,18,20H2,(H,37,40)(H,38,42)(H,39,41)/t27-/m0/s1. The monoisotopic (exact) mass is 713 g/mol. The van der Waals surface area contributed by atoms with Gasteiger partial charge in [-0.15, -0.1) is 0 Å². The number of hydrogen-bond donors (Lipinski definition) is 3. The predicted molar refractivity (Wildman–Crippen MR) is 165 cm³/mol. The van der Waals surface area contributed by atoms with E-state index in [0.29, 0.717) is 31.9 Å². The Morgan fingerprint density at radius 3 is 2.26 bits per heavy atom. The van der Waals surface area contributed by atoms with Crippen molar-refractivity contribution in [3.8, 4) is 0 Å². The molecule has 42 heavy (non-hydrogen) atoms. The first-order valence-electron chi connectivity index (χ1n) is 13.5. The zero-order valence-corrected chi connectivity index (χ0v) is 25.7. The zero-order chi connectivity index (χ0) is 30.5. The number of nitrogens with one attached hydrogen (secondary N) is 3. The van der Waals surface area contributed by atoms with Crippen LogP contribution in [0, 0.1) is 3.57 Å². The summed E-state index contributed by atoms with van der Waals surface area (Å²) < 4.78 is 40.8. The van der Waals surface area contributed by atoms with E-state index in [1.807, 2.05) is 54.6 Å². The van der Waals surface area contributed by atoms with Crippen molar-refractivity contribution in [3.05, 3.63) is 104 Å². The van der Waals surface area contributed by atoms with Crippen LogP contribution in [-0.2, 0) is 28.7 Å². The molecule has 6 nitrogen and oxygen atoms in total. The molecule has 0 unspecified atom stereocenters. The van der Waals surface area contributed by atoms with E-state index in [9.17, 15) is 27.6 Å². The molecule has 0 aromatic heterocycles. The Balaban J connectivity index is 1.52. The van der Waals surface area contributed by atoms with Crippen molar-refractivity contribution in [3.63, 3.8) is 0 Å². The number of carbonyl (C=O) groups is 3. The summed E-state index contributed by atoms with van der Waals surface area (Å²) in [5.41, 5.74) is 0.635. The third-order valence-electron chi connectivity index (χ3n) is 6.49. The Morgan fingerprint density at radius 1 is 0.857 bits per heavy atom. The van der Waals surface area contributed by atoms with Crippen LogP contribution in [0.5, 0.6) is 0 Å². The van der Waals surface area contributed by atoms with Crippen LogP contribution in [0.1, 0.15) is 59.2 Å². The second-order valence-electron chi connectivity index (χ2n) is 9.75. The summed E-state index contributed by atoms with van der Waals surface area (Å²) in [7, 11) is 0. The van der Waals surface area contributed by atoms with E-state index in [-0.39, 0.29) is 29.5 Å². The summed E-state index contributed by atoms with van der Waals surface area (Å²) in [5.74, 6) is -1.42. The molecule has 0 radical (unpaired) electrons. The fourth-order valence-electron chi connectivity index (χ4n) is 4.18. The maximum Gasteiger partial charge on any atom is 0.416 e. The number of carbonyl (C=O) groups excluding carboxylic acids is 3. The lowest BCUT2D eigenvalue weighted by Crippen LogP contribution is -2.46. The molecular formula is C31H32ClF3IN3O3. The van der Waals surface area contributed by atoms with Crippen LogP contribution < -0.4 is 16.0 Å². The highest BCUT2D eigenvalue weighted by atomic mass is 127. The van der Waals surface area contributed by atoms with E-state index in [4.69, 9.17) is 11.6 Å². The van der Waals surface area contributed by atoms with Crippen LogP contribution in [0.2, 0.25) is 5.02 Å². The van der Waals surface area contributed by atoms with Gasteiger partial charge < -0.3 is 16.0 Å². The van der Waals surface area contributed by atoms with E-state index in [1.54, 1.807) is 0 Å². The maximum absolute atomic E-state index is 13.2. The molecule has 224 valence electrons. The van der Waals surface area contributed by atoms with Gasteiger partial charge in [-0.25, -0.2) is 0 Å². The van der Waals surface area contributed by atoms with Crippen LogP contribution in [-0.4, -0.2) is 30.3 Å². The minimum atomic E-state index is -4.66. The van der Waals surface area contributed by atoms with Crippen LogP contribution >= 0.6 is 34.2 Å². The van der Waals surface area contributed by atoms with Crippen LogP contribution in [0.3, 0.4) is 0 Å². The minimum Gasteiger partial charge on any atom is -0.356 e. The quantitative estimate of drug-likeness (QED) is 0.129. The molecule has 0 saturated heterocycles. The fourth-order valence-corrected chi connectivity index (χ4v) is 4.75. The van der Waals surface area contributed by atoms with Gasteiger partial charge in [0, 0.05) is 23.1 Å². The lowest BCUT2D eigenvalue weighted by atomic mass is 10.1. The zero-order valence-electron chi connectivity index (χ0n) is 22.8. The summed E-state index contributed by atoms with van der Waals surface area (Å²) >= 11 is 8.27. The van der Waals surface area contributed by atoms with E-state index >= 15 is 0 Å². The van der Waals surface area contributed by atoms with Gasteiger partial charge in [0.15, 0.2) is 0 Å². The first-order chi connectivity index (χ1) is 20.0. The highest BCUT2D eigenvalue weighted by Crippen LogP contribution is 2.31. The minimum absolute atomic E-state index is 0.0647. The van der Waals surface area contributed by atoms with Crippen LogP contribution in [0.25, 0.3) is 0 Å². The molecule has 3 N–H and O–H groups in total. The number of aryl methyl sites for hydroxylation is 1. The average molecular weight is 714 g/mol. The van der Waals surface area contributed by atoms with E-state index in [0.717, 1.165) is 34.1 Å². The predicted octanol–water partition coefficient (Wildman–Crippen LogP) is 6.69. The largest absolute Gasteiger partial charge is 0.416 e. The molecule has 0 spiro atoms. The van der Waals surface area contributed by atoms with Crippen molar-refractivity contribution in [1.82, 2.24) is 16.0 Å². The molecule has 1 atom stereocenters. The molecule has 0 aliphatic rings. The number of benzene rings is 3. The van der Waals surface area contributed by atoms with Gasteiger partial charge in [-0.05, 0) is 96.2 Å². The number of halogens is 5. The second-order valence-corrected chi connectivity index (χ2v) is 11.4. The molecule has 3 aromatic carbocycles. The number of amides is 3. The number of unbranched alkanes of at least 4 members (excludes halogenated alkanes) is 1. The summed E-state index contributed by atoms with van der Waals surface area (Å²) in [6.07, 6.45) is -1.50. The molecule has 11 heteroatoms. The first kappa shape index (κ1) is 33.4. The lowest BCUT2D eigenvalue weighted by molar-refractivity contribution is -0.137. The molecule has 0 heterocycles. The molecule has 0 aliphatic carbocycles. The van der Waals surface area contributed by atoms with Crippen LogP contribution in [0.15, 0.2) is 72.8 Å². The average Bonchev–Trinajstić information content (AvgIpc) is 2.96. The SMILES string of the molecule is O=C(CCCc1ccc(I)cc1)NCCCC[C@H](NC(=O)c1cc(C(F)(F)F)ccc1Cl)C(=O)NCc1ccccc1. The summed E-state index contributed by atoms with van der Waals surface area (Å²) in [5, 5.41) is 8.02. The van der Waals surface area contributed by atoms with Crippen molar-refractivity contribution in [2.45, 2.75) is 57.3 Å². The smallest absolute Gasteiger partial charge is 0.356 e. The molecule has 0 aliphatic heterocycles. The van der Waals surface area contributed by atoms with Gasteiger partial charge in [-0.1, -0.05) is 54.1 Å². The molecular weight excluding hydrogens is 682 g/mol. The van der Waals surface area contributed by atoms with Gasteiger partial charge in [-0.3, -0.25) is 14.4 Å². The van der Waals surface area contributed by atoms with Gasteiger partial charge in [0.2, 0.25) is 11.8 Å². The molecule has 0 bridgehead atoms. The lowest BCUT2D eigenvalue weighted by Gasteiger charge is -2.19. The third kappa shape index (κ3) is 11.3. The Kier molecular flexibility index (Phi) is 13.1. The Bertz CT molecular complexity index is 1340. The van der Waals surface area contributed by atoms with Crippen molar-refractivity contribution in [2.24, 2.45) is 0 Å². The normalized spacial score (nSPS) is 11.9. The van der Waals surface area contributed by atoms with E-state index < -0.39 is 29.6 Å². The van der Waals surface area contributed by atoms with Crippen molar-refractivity contribution >= 4 is 51.9 Å². The van der Waals surface area contributed by atoms with E-state index in [2.05, 4.69) is 38.5 Å². The summed E-state index contributed by atoms with van der Waals surface area (Å²) in [4.78, 5) is 38.2. The van der Waals surface area contributed by atoms with Gasteiger partial charge in [-0.2, -0.15) is 13.2 Å². The van der Waals surface area contributed by atoms with Gasteiger partial charge >= 0.3 is 6.18 Å². The van der Waals surface area contributed by atoms with Crippen molar-refractivity contribution in [1.29, 1.82) is 0 Å². The number of hydrogen-bond acceptors (Lipinski definition) is 3. The molecule has 3 amide bonds. The van der Waals surface area contributed by atoms with Gasteiger partial charge in [0.1, 0.15) is 6.04 Å². The fraction of sp³-hybridized carbons (Fsp3) is 0.323. The highest BCUT2D eigenvalue weighted by Gasteiger charge is 2.32. The second kappa shape index (κ2) is 16.5. The summed E-state index contributed by atoms with van der Waals surface area (Å²) in [6.45, 7) is 0.614. The maximum atomic E-state index is 13.2. The Hall–Kier alpha value is -3.12. The molecule has 0 saturated carbocycles. The highest BCUT2D eigenvalue weighted by molar-refractivity contribution is 14.1. The first-order valence-corrected chi connectivity index (χ1v) is 15.0. The van der Waals surface area contributed by atoms with Gasteiger partial charge in [0.05, 0.1) is 16.1 Å². The topological polar surface area (TPSA) is 87.3 Å². The summed E-state index contributed by atoms with van der Waals surface area (Å²) in [6, 6.07) is 18.8. The molecule has 3 rings (SSSR count). The third-order valence-corrected chi connectivity index (χ3v) is 7.54. The van der Waals surface area contributed by atoms with Crippen LogP contribution in [0.4, 0.5) is 13.2 Å². The number of rotatable bonds is 14. The Labute approximate surface area is 261 Å². The Morgan fingerprint density at radius 2 is 1.57 bits per heavy atom. The van der Waals surface area contributed by atoms with Crippen molar-refractivity contribution in [2.75, 3.05) is 6.54 Å².